The van der Waals surface area contributed by atoms with E-state index in [1.54, 1.807) is 0 Å². The topological polar surface area (TPSA) is 29.1 Å². The summed E-state index contributed by atoms with van der Waals surface area (Å²) < 4.78 is 12.2. The normalized spacial score (nSPS) is 28.1. The highest BCUT2D eigenvalue weighted by atomic mass is 32.2. The van der Waals surface area contributed by atoms with Gasteiger partial charge in [-0.1, -0.05) is 24.6 Å². The van der Waals surface area contributed by atoms with Crippen molar-refractivity contribution < 1.29 is 4.21 Å². The number of rotatable bonds is 3. The van der Waals surface area contributed by atoms with Crippen LogP contribution >= 0.6 is 0 Å². The number of fused-ring (bicyclic) bond motifs is 1. The highest BCUT2D eigenvalue weighted by Crippen LogP contribution is 2.36. The molecule has 0 radical (unpaired) electrons. The van der Waals surface area contributed by atoms with Gasteiger partial charge in [-0.25, -0.2) is 0 Å². The maximum absolute atomic E-state index is 12.2. The fourth-order valence-corrected chi connectivity index (χ4v) is 3.76. The summed E-state index contributed by atoms with van der Waals surface area (Å²) in [6.45, 7) is 7.29. The molecule has 0 fully saturated rings. The average Bonchev–Trinajstić information content (AvgIpc) is 2.50. The van der Waals surface area contributed by atoms with Gasteiger partial charge in [0, 0.05) is 10.9 Å². The van der Waals surface area contributed by atoms with Gasteiger partial charge < -0.3 is 5.32 Å². The Bertz CT molecular complexity index is 416. The predicted molar refractivity (Wildman–Crippen MR) is 68.1 cm³/mol. The number of aryl methyl sites for hydroxylation is 1. The average molecular weight is 237 g/mol. The quantitative estimate of drug-likeness (QED) is 0.875. The molecule has 88 valence electrons. The zero-order chi connectivity index (χ0) is 11.7. The molecule has 0 spiro atoms. The summed E-state index contributed by atoms with van der Waals surface area (Å²) in [5, 5.41) is 3.69. The molecule has 0 bridgehead atoms. The third-order valence-electron chi connectivity index (χ3n) is 3.14. The zero-order valence-corrected chi connectivity index (χ0v) is 10.9. The van der Waals surface area contributed by atoms with Crippen LogP contribution in [0.3, 0.4) is 0 Å². The standard InChI is InChI=1S/C13H19NOS/c1-4-7-14-13-10(3)16(15)12-6-5-9(2)8-11(12)13/h5-6,8,10,13-14H,4,7H2,1-3H3. The van der Waals surface area contributed by atoms with Crippen LogP contribution in [0.4, 0.5) is 0 Å². The lowest BCUT2D eigenvalue weighted by Gasteiger charge is -2.17. The van der Waals surface area contributed by atoms with Crippen molar-refractivity contribution in [2.75, 3.05) is 6.54 Å². The third-order valence-corrected chi connectivity index (χ3v) is 4.89. The van der Waals surface area contributed by atoms with Gasteiger partial charge in [0.2, 0.25) is 0 Å². The summed E-state index contributed by atoms with van der Waals surface area (Å²) in [6, 6.07) is 6.50. The molecule has 0 amide bonds. The van der Waals surface area contributed by atoms with Crippen LogP contribution in [-0.2, 0) is 10.8 Å². The van der Waals surface area contributed by atoms with Crippen LogP contribution in [0.1, 0.15) is 37.4 Å². The molecule has 2 nitrogen and oxygen atoms in total. The number of hydrogen-bond donors (Lipinski definition) is 1. The molecule has 0 saturated heterocycles. The second kappa shape index (κ2) is 4.68. The Labute approximate surface area is 99.9 Å². The van der Waals surface area contributed by atoms with Crippen LogP contribution < -0.4 is 5.32 Å². The van der Waals surface area contributed by atoms with Gasteiger partial charge in [-0.05, 0) is 38.4 Å². The first-order chi connectivity index (χ1) is 7.65. The molecule has 3 heteroatoms. The monoisotopic (exact) mass is 237 g/mol. The summed E-state index contributed by atoms with van der Waals surface area (Å²) in [5.41, 5.74) is 2.48. The van der Waals surface area contributed by atoms with Crippen LogP contribution in [0.15, 0.2) is 23.1 Å². The Morgan fingerprint density at radius 2 is 2.19 bits per heavy atom. The number of nitrogens with one attached hydrogen (secondary N) is 1. The molecule has 16 heavy (non-hydrogen) atoms. The SMILES string of the molecule is CCCNC1c2cc(C)ccc2S(=O)C1C. The third kappa shape index (κ3) is 1.94. The molecular formula is C13H19NOS. The zero-order valence-electron chi connectivity index (χ0n) is 10.1. The van der Waals surface area contributed by atoms with E-state index in [1.807, 2.05) is 12.1 Å². The van der Waals surface area contributed by atoms with Crippen LogP contribution in [0.2, 0.25) is 0 Å². The van der Waals surface area contributed by atoms with E-state index in [0.717, 1.165) is 17.9 Å². The van der Waals surface area contributed by atoms with Gasteiger partial charge >= 0.3 is 0 Å². The summed E-state index contributed by atoms with van der Waals surface area (Å²) in [4.78, 5) is 1.02. The first kappa shape index (κ1) is 11.8. The second-order valence-electron chi connectivity index (χ2n) is 4.48. The first-order valence-corrected chi connectivity index (χ1v) is 7.11. The van der Waals surface area contributed by atoms with E-state index in [4.69, 9.17) is 0 Å². The van der Waals surface area contributed by atoms with E-state index in [2.05, 4.69) is 32.2 Å². The summed E-state index contributed by atoms with van der Waals surface area (Å²) in [7, 11) is -0.847. The smallest absolute Gasteiger partial charge is 0.0580 e. The lowest BCUT2D eigenvalue weighted by Crippen LogP contribution is -2.28. The first-order valence-electron chi connectivity index (χ1n) is 5.89. The van der Waals surface area contributed by atoms with Gasteiger partial charge in [-0.15, -0.1) is 0 Å². The van der Waals surface area contributed by atoms with Crippen molar-refractivity contribution in [1.29, 1.82) is 0 Å². The highest BCUT2D eigenvalue weighted by Gasteiger charge is 2.35. The molecule has 0 saturated carbocycles. The fraction of sp³-hybridized carbons (Fsp3) is 0.538. The minimum absolute atomic E-state index is 0.184. The molecule has 0 aromatic heterocycles. The van der Waals surface area contributed by atoms with Crippen molar-refractivity contribution in [1.82, 2.24) is 5.32 Å². The Hall–Kier alpha value is -0.670. The minimum atomic E-state index is -0.847. The van der Waals surface area contributed by atoms with Crippen LogP contribution in [0, 0.1) is 6.92 Å². The number of hydrogen-bond acceptors (Lipinski definition) is 2. The molecule has 0 aliphatic carbocycles. The molecule has 1 aliphatic heterocycles. The molecule has 1 aliphatic rings. The predicted octanol–water partition coefficient (Wildman–Crippen LogP) is 2.55. The molecule has 2 rings (SSSR count). The Morgan fingerprint density at radius 3 is 2.88 bits per heavy atom. The van der Waals surface area contributed by atoms with Gasteiger partial charge in [-0.3, -0.25) is 4.21 Å². The van der Waals surface area contributed by atoms with Crippen LogP contribution in [0.25, 0.3) is 0 Å². The maximum Gasteiger partial charge on any atom is 0.0580 e. The summed E-state index contributed by atoms with van der Waals surface area (Å²) >= 11 is 0. The number of benzene rings is 1. The van der Waals surface area contributed by atoms with Crippen molar-refractivity contribution in [3.05, 3.63) is 29.3 Å². The summed E-state index contributed by atoms with van der Waals surface area (Å²) in [6.07, 6.45) is 1.11. The lowest BCUT2D eigenvalue weighted by atomic mass is 10.0. The van der Waals surface area contributed by atoms with Crippen LogP contribution in [-0.4, -0.2) is 16.0 Å². The highest BCUT2D eigenvalue weighted by molar-refractivity contribution is 7.86. The van der Waals surface area contributed by atoms with Crippen molar-refractivity contribution in [2.45, 2.75) is 43.4 Å². The second-order valence-corrected chi connectivity index (χ2v) is 6.25. The van der Waals surface area contributed by atoms with Gasteiger partial charge in [0.15, 0.2) is 0 Å². The van der Waals surface area contributed by atoms with Gasteiger partial charge in [0.05, 0.1) is 16.0 Å². The molecule has 1 N–H and O–H groups in total. The van der Waals surface area contributed by atoms with E-state index in [0.29, 0.717) is 0 Å². The molecule has 1 aromatic carbocycles. The largest absolute Gasteiger partial charge is 0.309 e. The Balaban J connectivity index is 2.35. The Morgan fingerprint density at radius 1 is 1.44 bits per heavy atom. The van der Waals surface area contributed by atoms with Crippen molar-refractivity contribution in [3.63, 3.8) is 0 Å². The fourth-order valence-electron chi connectivity index (χ4n) is 2.25. The van der Waals surface area contributed by atoms with Crippen LogP contribution in [0.5, 0.6) is 0 Å². The lowest BCUT2D eigenvalue weighted by molar-refractivity contribution is 0.527. The molecule has 3 atom stereocenters. The minimum Gasteiger partial charge on any atom is -0.309 e. The van der Waals surface area contributed by atoms with Gasteiger partial charge in [-0.2, -0.15) is 0 Å². The van der Waals surface area contributed by atoms with E-state index in [-0.39, 0.29) is 11.3 Å². The molecule has 3 unspecified atom stereocenters. The Kier molecular flexibility index (Phi) is 3.45. The van der Waals surface area contributed by atoms with Gasteiger partial charge in [0.25, 0.3) is 0 Å². The van der Waals surface area contributed by atoms with E-state index < -0.39 is 10.8 Å². The van der Waals surface area contributed by atoms with Crippen molar-refractivity contribution in [2.24, 2.45) is 0 Å². The molecule has 1 heterocycles. The maximum atomic E-state index is 12.2. The molecule has 1 aromatic rings. The van der Waals surface area contributed by atoms with Crippen molar-refractivity contribution in [3.8, 4) is 0 Å². The van der Waals surface area contributed by atoms with E-state index >= 15 is 0 Å². The van der Waals surface area contributed by atoms with Gasteiger partial charge in [0.1, 0.15) is 0 Å². The van der Waals surface area contributed by atoms with E-state index in [1.165, 1.54) is 11.1 Å². The van der Waals surface area contributed by atoms with E-state index in [9.17, 15) is 4.21 Å². The summed E-state index contributed by atoms with van der Waals surface area (Å²) in [5.74, 6) is 0. The van der Waals surface area contributed by atoms with Crippen molar-refractivity contribution >= 4 is 10.8 Å². The molecular weight excluding hydrogens is 218 g/mol.